The molecule has 134 valence electrons. The largest absolute Gasteiger partial charge is 0.488 e. The lowest BCUT2D eigenvalue weighted by molar-refractivity contribution is -0.871. The molecule has 2 rings (SSSR count). The van der Waals surface area contributed by atoms with Crippen molar-refractivity contribution in [3.63, 3.8) is 0 Å². The maximum Gasteiger partial charge on any atom is 0.279 e. The Morgan fingerprint density at radius 3 is 2.48 bits per heavy atom. The fraction of sp³-hybridized carbons (Fsp3) is 0.316. The van der Waals surface area contributed by atoms with Gasteiger partial charge in [0, 0.05) is 5.02 Å². The molecule has 0 aromatic heterocycles. The molecule has 0 aliphatic rings. The number of nitrogens with one attached hydrogen (secondary N) is 2. The van der Waals surface area contributed by atoms with Crippen molar-refractivity contribution in [3.8, 4) is 5.75 Å². The highest BCUT2D eigenvalue weighted by atomic mass is 35.5. The zero-order chi connectivity index (χ0) is 18.4. The number of hydrogen-bond donors (Lipinski definition) is 2. The van der Waals surface area contributed by atoms with E-state index in [1.165, 1.54) is 0 Å². The number of ether oxygens (including phenoxy) is 1. The summed E-state index contributed by atoms with van der Waals surface area (Å²) in [6, 6.07) is 11.1. The summed E-state index contributed by atoms with van der Waals surface area (Å²) in [6.07, 6.45) is 0. The van der Waals surface area contributed by atoms with Crippen molar-refractivity contribution < 1.29 is 14.4 Å². The number of carbonyl (C=O) groups excluding carboxylic acids is 1. The van der Waals surface area contributed by atoms with Gasteiger partial charge in [-0.15, -0.1) is 0 Å². The minimum atomic E-state index is -0.0714. The van der Waals surface area contributed by atoms with Crippen LogP contribution in [0, 0.1) is 13.8 Å². The summed E-state index contributed by atoms with van der Waals surface area (Å²) in [7, 11) is 1.95. The Bertz CT molecular complexity index is 710. The molecular formula is C19H23Cl2N2O2+. The molecule has 2 aromatic carbocycles. The van der Waals surface area contributed by atoms with Gasteiger partial charge in [-0.3, -0.25) is 4.79 Å². The van der Waals surface area contributed by atoms with Crippen molar-refractivity contribution in [2.75, 3.05) is 32.1 Å². The van der Waals surface area contributed by atoms with Crippen LogP contribution in [0.4, 0.5) is 5.69 Å². The smallest absolute Gasteiger partial charge is 0.279 e. The number of quaternary nitrogens is 1. The Kier molecular flexibility index (Phi) is 7.12. The van der Waals surface area contributed by atoms with Gasteiger partial charge in [0.1, 0.15) is 18.9 Å². The summed E-state index contributed by atoms with van der Waals surface area (Å²) in [5.74, 6) is 0.696. The van der Waals surface area contributed by atoms with Gasteiger partial charge < -0.3 is 15.0 Å². The molecule has 0 spiro atoms. The third-order valence-corrected chi connectivity index (χ3v) is 4.32. The molecule has 1 amide bonds. The number of amides is 1. The first-order valence-corrected chi connectivity index (χ1v) is 8.87. The molecule has 0 bridgehead atoms. The van der Waals surface area contributed by atoms with Crippen LogP contribution in [0.2, 0.25) is 10.0 Å². The van der Waals surface area contributed by atoms with E-state index >= 15 is 0 Å². The molecule has 0 heterocycles. The van der Waals surface area contributed by atoms with E-state index in [0.717, 1.165) is 21.8 Å². The lowest BCUT2D eigenvalue weighted by atomic mass is 10.1. The van der Waals surface area contributed by atoms with Gasteiger partial charge in [-0.05, 0) is 55.3 Å². The molecule has 0 saturated carbocycles. The van der Waals surface area contributed by atoms with Gasteiger partial charge in [0.15, 0.2) is 6.54 Å². The predicted octanol–water partition coefficient (Wildman–Crippen LogP) is 3.14. The van der Waals surface area contributed by atoms with Crippen molar-refractivity contribution in [1.29, 1.82) is 0 Å². The van der Waals surface area contributed by atoms with Gasteiger partial charge in [0.25, 0.3) is 5.91 Å². The maximum atomic E-state index is 12.2. The molecule has 6 heteroatoms. The molecule has 4 nitrogen and oxygen atoms in total. The van der Waals surface area contributed by atoms with Crippen LogP contribution in [-0.2, 0) is 4.79 Å². The van der Waals surface area contributed by atoms with Crippen molar-refractivity contribution in [2.45, 2.75) is 13.8 Å². The molecule has 0 aliphatic heterocycles. The number of carbonyl (C=O) groups is 1. The van der Waals surface area contributed by atoms with Crippen LogP contribution in [0.3, 0.4) is 0 Å². The Labute approximate surface area is 158 Å². The lowest BCUT2D eigenvalue weighted by Gasteiger charge is -2.16. The Hall–Kier alpha value is -1.75. The average Bonchev–Trinajstić information content (AvgIpc) is 2.52. The molecule has 0 saturated heterocycles. The van der Waals surface area contributed by atoms with Crippen molar-refractivity contribution >= 4 is 34.8 Å². The third kappa shape index (κ3) is 6.24. The first-order valence-electron chi connectivity index (χ1n) is 8.11. The highest BCUT2D eigenvalue weighted by molar-refractivity contribution is 6.34. The molecule has 1 atom stereocenters. The van der Waals surface area contributed by atoms with Crippen LogP contribution in [0.5, 0.6) is 5.75 Å². The number of aryl methyl sites for hydroxylation is 2. The number of rotatable bonds is 7. The molecule has 1 unspecified atom stereocenters. The van der Waals surface area contributed by atoms with Crippen LogP contribution < -0.4 is 15.0 Å². The summed E-state index contributed by atoms with van der Waals surface area (Å²) in [5, 5.41) is 4.15. The summed E-state index contributed by atoms with van der Waals surface area (Å²) in [5.41, 5.74) is 2.71. The molecule has 2 N–H and O–H groups in total. The minimum Gasteiger partial charge on any atom is -0.488 e. The van der Waals surface area contributed by atoms with Crippen molar-refractivity contribution in [1.82, 2.24) is 0 Å². The first-order chi connectivity index (χ1) is 11.8. The average molecular weight is 382 g/mol. The van der Waals surface area contributed by atoms with Gasteiger partial charge in [-0.1, -0.05) is 29.3 Å². The fourth-order valence-electron chi connectivity index (χ4n) is 2.49. The second kappa shape index (κ2) is 9.09. The number of hydrogen-bond acceptors (Lipinski definition) is 2. The minimum absolute atomic E-state index is 0.0714. The summed E-state index contributed by atoms with van der Waals surface area (Å²) >= 11 is 12.1. The second-order valence-electron chi connectivity index (χ2n) is 6.17. The SMILES string of the molecule is Cc1cc(C)c(NC(=O)C[NH+](C)CCOc2ccc(Cl)cc2)c(Cl)c1. The zero-order valence-corrected chi connectivity index (χ0v) is 16.2. The predicted molar refractivity (Wildman–Crippen MR) is 103 cm³/mol. The standard InChI is InChI=1S/C19H22Cl2N2O2/c1-13-10-14(2)19(17(21)11-13)22-18(24)12-23(3)8-9-25-16-6-4-15(20)5-7-16/h4-7,10-11H,8-9,12H2,1-3H3,(H,22,24)/p+1. The quantitative estimate of drug-likeness (QED) is 0.773. The van der Waals surface area contributed by atoms with E-state index in [1.54, 1.807) is 12.1 Å². The number of anilines is 1. The molecule has 0 radical (unpaired) electrons. The first kappa shape index (κ1) is 19.6. The van der Waals surface area contributed by atoms with Crippen LogP contribution in [-0.4, -0.2) is 32.7 Å². The fourth-order valence-corrected chi connectivity index (χ4v) is 2.99. The number of halogens is 2. The van der Waals surface area contributed by atoms with Crippen LogP contribution in [0.1, 0.15) is 11.1 Å². The summed E-state index contributed by atoms with van der Waals surface area (Å²) in [4.78, 5) is 13.3. The van der Waals surface area contributed by atoms with Gasteiger partial charge in [-0.2, -0.15) is 0 Å². The van der Waals surface area contributed by atoms with Gasteiger partial charge in [0.2, 0.25) is 0 Å². The third-order valence-electron chi connectivity index (χ3n) is 3.77. The van der Waals surface area contributed by atoms with E-state index in [-0.39, 0.29) is 5.91 Å². The number of benzene rings is 2. The highest BCUT2D eigenvalue weighted by Gasteiger charge is 2.13. The van der Waals surface area contributed by atoms with Crippen LogP contribution in [0.15, 0.2) is 36.4 Å². The van der Waals surface area contributed by atoms with E-state index in [1.807, 2.05) is 45.2 Å². The van der Waals surface area contributed by atoms with Gasteiger partial charge in [0.05, 0.1) is 17.8 Å². The van der Waals surface area contributed by atoms with Crippen molar-refractivity contribution in [2.24, 2.45) is 0 Å². The van der Waals surface area contributed by atoms with E-state index in [0.29, 0.717) is 35.4 Å². The number of likely N-dealkylation sites (N-methyl/N-ethyl adjacent to an activating group) is 1. The Balaban J connectivity index is 1.79. The van der Waals surface area contributed by atoms with Crippen LogP contribution in [0.25, 0.3) is 0 Å². The Morgan fingerprint density at radius 2 is 1.84 bits per heavy atom. The second-order valence-corrected chi connectivity index (χ2v) is 7.02. The van der Waals surface area contributed by atoms with Crippen molar-refractivity contribution in [3.05, 3.63) is 57.6 Å². The molecule has 0 fully saturated rings. The molecule has 0 aliphatic carbocycles. The van der Waals surface area contributed by atoms with E-state index in [9.17, 15) is 4.79 Å². The molecule has 25 heavy (non-hydrogen) atoms. The highest BCUT2D eigenvalue weighted by Crippen LogP contribution is 2.27. The van der Waals surface area contributed by atoms with Gasteiger partial charge in [-0.25, -0.2) is 0 Å². The van der Waals surface area contributed by atoms with E-state index in [2.05, 4.69) is 5.32 Å². The maximum absolute atomic E-state index is 12.2. The molecular weight excluding hydrogens is 359 g/mol. The normalized spacial score (nSPS) is 11.9. The zero-order valence-electron chi connectivity index (χ0n) is 14.7. The topological polar surface area (TPSA) is 42.8 Å². The Morgan fingerprint density at radius 1 is 1.16 bits per heavy atom. The monoisotopic (exact) mass is 381 g/mol. The summed E-state index contributed by atoms with van der Waals surface area (Å²) < 4.78 is 5.65. The summed E-state index contributed by atoms with van der Waals surface area (Å²) in [6.45, 7) is 5.48. The lowest BCUT2D eigenvalue weighted by Crippen LogP contribution is -3.10. The van der Waals surface area contributed by atoms with E-state index in [4.69, 9.17) is 27.9 Å². The van der Waals surface area contributed by atoms with E-state index < -0.39 is 0 Å². The van der Waals surface area contributed by atoms with Gasteiger partial charge >= 0.3 is 0 Å². The molecule has 2 aromatic rings. The van der Waals surface area contributed by atoms with Crippen LogP contribution >= 0.6 is 23.2 Å².